The van der Waals surface area contributed by atoms with Crippen LogP contribution in [0.1, 0.15) is 5.56 Å². The number of hydrogen-bond donors (Lipinski definition) is 0. The van der Waals surface area contributed by atoms with Crippen LogP contribution in [-0.4, -0.2) is 9.13 Å². The van der Waals surface area contributed by atoms with Gasteiger partial charge in [0.25, 0.3) is 0 Å². The first kappa shape index (κ1) is 38.2. The molecule has 318 valence electrons. The van der Waals surface area contributed by atoms with Crippen molar-refractivity contribution < 1.29 is 4.42 Å². The molecule has 0 aliphatic carbocycles. The summed E-state index contributed by atoms with van der Waals surface area (Å²) in [6, 6.07) is 70.7. The maximum Gasteiger partial charge on any atom is 0.221 e. The van der Waals surface area contributed by atoms with Gasteiger partial charge in [0.2, 0.25) is 5.69 Å². The van der Waals surface area contributed by atoms with Crippen LogP contribution in [0.3, 0.4) is 0 Å². The van der Waals surface area contributed by atoms with Gasteiger partial charge in [-0.1, -0.05) is 158 Å². The molecule has 0 aliphatic rings. The van der Waals surface area contributed by atoms with Gasteiger partial charge in [0.1, 0.15) is 17.2 Å². The van der Waals surface area contributed by atoms with E-state index in [9.17, 15) is 11.8 Å². The smallest absolute Gasteiger partial charge is 0.221 e. The van der Waals surface area contributed by atoms with Crippen LogP contribution in [0.15, 0.2) is 199 Å². The van der Waals surface area contributed by atoms with Crippen molar-refractivity contribution in [3.63, 3.8) is 0 Å². The predicted molar refractivity (Wildman–Crippen MR) is 290 cm³/mol. The van der Waals surface area contributed by atoms with Gasteiger partial charge in [-0.2, -0.15) is 5.26 Å². The van der Waals surface area contributed by atoms with Crippen molar-refractivity contribution >= 4 is 134 Å². The largest absolute Gasteiger partial charge is 0.456 e. The highest BCUT2D eigenvalue weighted by atomic mass is 32.1. The molecule has 5 heterocycles. The van der Waals surface area contributed by atoms with Gasteiger partial charge < -0.3 is 13.6 Å². The highest BCUT2D eigenvalue weighted by molar-refractivity contribution is 7.27. The van der Waals surface area contributed by atoms with Gasteiger partial charge >= 0.3 is 0 Å². The van der Waals surface area contributed by atoms with Crippen LogP contribution in [-0.2, 0) is 0 Å². The molecule has 69 heavy (non-hydrogen) atoms. The summed E-state index contributed by atoms with van der Waals surface area (Å²) in [7, 11) is 0. The molecule has 0 unspecified atom stereocenters. The zero-order valence-corrected chi connectivity index (χ0v) is 38.1. The van der Waals surface area contributed by atoms with Crippen molar-refractivity contribution in [1.82, 2.24) is 9.13 Å². The first-order valence-electron chi connectivity index (χ1n) is 22.8. The Morgan fingerprint density at radius 3 is 1.59 bits per heavy atom. The Hall–Kier alpha value is -8.98. The molecule has 10 aromatic carbocycles. The topological polar surface area (TPSA) is 51.1 Å². The van der Waals surface area contributed by atoms with E-state index in [4.69, 9.17) is 4.42 Å². The summed E-state index contributed by atoms with van der Waals surface area (Å²) in [5.41, 5.74) is 11.0. The molecule has 0 aliphatic heterocycles. The molecule has 0 amide bonds. The van der Waals surface area contributed by atoms with Gasteiger partial charge in [0, 0.05) is 74.4 Å². The molecule has 15 rings (SSSR count). The minimum absolute atomic E-state index is 0.406. The van der Waals surface area contributed by atoms with E-state index in [1.54, 1.807) is 22.7 Å². The van der Waals surface area contributed by atoms with E-state index < -0.39 is 0 Å². The third-order valence-corrected chi connectivity index (χ3v) is 16.6. The van der Waals surface area contributed by atoms with Crippen molar-refractivity contribution in [3.05, 3.63) is 211 Å². The van der Waals surface area contributed by atoms with Crippen LogP contribution < -0.4 is 0 Å². The van der Waals surface area contributed by atoms with Gasteiger partial charge in [0.05, 0.1) is 55.0 Å². The quantitative estimate of drug-likeness (QED) is 0.165. The summed E-state index contributed by atoms with van der Waals surface area (Å²) in [5.74, 6) is 0. The number of rotatable bonds is 4. The SMILES string of the molecule is [C-]#[N+]c1c(-c2ccccc2)c(-n2c3ccccc3c3cc4oc5ccccc5c4cc32)c(-c2ccccc2)c(C#N)c1-n1c2c(ccc3c4ccccc4sc32)c2ccc3c4ccccc4sc3c21. The van der Waals surface area contributed by atoms with Gasteiger partial charge in [-0.3, -0.25) is 0 Å². The summed E-state index contributed by atoms with van der Waals surface area (Å²) >= 11 is 3.54. The Kier molecular flexibility index (Phi) is 7.89. The highest BCUT2D eigenvalue weighted by Gasteiger charge is 2.33. The number of aromatic nitrogens is 2. The molecule has 5 aromatic heterocycles. The second-order valence-electron chi connectivity index (χ2n) is 17.7. The molecule has 0 atom stereocenters. The van der Waals surface area contributed by atoms with E-state index in [1.165, 1.54) is 20.2 Å². The summed E-state index contributed by atoms with van der Waals surface area (Å²) in [6.45, 7) is 9.55. The summed E-state index contributed by atoms with van der Waals surface area (Å²) in [5, 5.41) is 23.1. The van der Waals surface area contributed by atoms with Gasteiger partial charge in [-0.15, -0.1) is 22.7 Å². The Balaban J connectivity index is 1.22. The molecular weight excluding hydrogens is 881 g/mol. The molecule has 0 fully saturated rings. The number of benzene rings is 10. The van der Waals surface area contributed by atoms with Crippen molar-refractivity contribution in [3.8, 4) is 39.7 Å². The van der Waals surface area contributed by atoms with Crippen molar-refractivity contribution in [2.24, 2.45) is 0 Å². The van der Waals surface area contributed by atoms with Crippen molar-refractivity contribution in [2.45, 2.75) is 0 Å². The highest BCUT2D eigenvalue weighted by Crippen LogP contribution is 2.55. The van der Waals surface area contributed by atoms with Gasteiger partial charge in [-0.05, 0) is 47.5 Å². The van der Waals surface area contributed by atoms with Crippen LogP contribution in [0.25, 0.3) is 144 Å². The third kappa shape index (κ3) is 5.15. The molecule has 0 N–H and O–H groups in total. The molecule has 0 saturated heterocycles. The number of thiophene rings is 2. The first-order chi connectivity index (χ1) is 34.2. The van der Waals surface area contributed by atoms with Crippen LogP contribution in [0.2, 0.25) is 0 Å². The molecular formula is C62H32N4OS2. The lowest BCUT2D eigenvalue weighted by molar-refractivity contribution is 0.669. The predicted octanol–water partition coefficient (Wildman–Crippen LogP) is 18.3. The number of para-hydroxylation sites is 2. The maximum absolute atomic E-state index is 12.2. The second kappa shape index (κ2) is 14.3. The lowest BCUT2D eigenvalue weighted by atomic mass is 9.88. The van der Waals surface area contributed by atoms with E-state index in [0.717, 1.165) is 114 Å². The van der Waals surface area contributed by atoms with E-state index >= 15 is 0 Å². The molecule has 0 radical (unpaired) electrons. The molecule has 15 aromatic rings. The van der Waals surface area contributed by atoms with E-state index in [0.29, 0.717) is 16.9 Å². The standard InChI is InChI=1S/C62H32N4OS2/c1-64-56-55(36-18-6-3-7-19-36)60(65-48-24-12-8-20-37(48)45-33-51-46(32-49(45)65)38-21-9-13-25-50(38)67-51)54(35-16-4-2-5-17-35)47(34-63)57(56)66-58-41(28-30-43-39-22-10-14-26-52(39)68-61(43)58)42-29-31-44-40-23-11-15-27-53(40)69-62(44)59(42)66/h2-33H. The Morgan fingerprint density at radius 2 is 0.971 bits per heavy atom. The normalized spacial score (nSPS) is 12.0. The minimum Gasteiger partial charge on any atom is -0.456 e. The first-order valence-corrected chi connectivity index (χ1v) is 24.5. The van der Waals surface area contributed by atoms with E-state index in [1.807, 2.05) is 54.6 Å². The average molecular weight is 913 g/mol. The number of nitrogens with zero attached hydrogens (tertiary/aromatic N) is 4. The summed E-state index contributed by atoms with van der Waals surface area (Å²) in [6.07, 6.45) is 0. The number of hydrogen-bond acceptors (Lipinski definition) is 4. The Labute approximate surface area is 401 Å². The van der Waals surface area contributed by atoms with Gasteiger partial charge in [0.15, 0.2) is 0 Å². The molecule has 0 bridgehead atoms. The number of furan rings is 1. The zero-order valence-electron chi connectivity index (χ0n) is 36.5. The minimum atomic E-state index is 0.406. The van der Waals surface area contributed by atoms with Crippen molar-refractivity contribution in [2.75, 3.05) is 0 Å². The number of nitriles is 1. The van der Waals surface area contributed by atoms with Crippen LogP contribution >= 0.6 is 22.7 Å². The van der Waals surface area contributed by atoms with Crippen LogP contribution in [0.5, 0.6) is 0 Å². The third-order valence-electron chi connectivity index (χ3n) is 14.2. The zero-order chi connectivity index (χ0) is 45.5. The monoisotopic (exact) mass is 912 g/mol. The van der Waals surface area contributed by atoms with E-state index in [2.05, 4.69) is 160 Å². The lowest BCUT2D eigenvalue weighted by Crippen LogP contribution is -2.08. The maximum atomic E-state index is 12.2. The fourth-order valence-corrected chi connectivity index (χ4v) is 13.8. The summed E-state index contributed by atoms with van der Waals surface area (Å²) < 4.78 is 15.8. The fraction of sp³-hybridized carbons (Fsp3) is 0. The Bertz CT molecular complexity index is 4600. The van der Waals surface area contributed by atoms with Gasteiger partial charge in [-0.25, -0.2) is 4.85 Å². The molecule has 0 saturated carbocycles. The number of fused-ring (bicyclic) bond motifs is 17. The fourth-order valence-electron chi connectivity index (χ4n) is 11.3. The average Bonchev–Trinajstić information content (AvgIpc) is 4.22. The molecule has 5 nitrogen and oxygen atoms in total. The Morgan fingerprint density at radius 1 is 0.435 bits per heavy atom. The van der Waals surface area contributed by atoms with Crippen LogP contribution in [0.4, 0.5) is 5.69 Å². The lowest BCUT2D eigenvalue weighted by Gasteiger charge is -2.25. The summed E-state index contributed by atoms with van der Waals surface area (Å²) in [4.78, 5) is 4.68. The van der Waals surface area contributed by atoms with Crippen LogP contribution in [0, 0.1) is 17.9 Å². The second-order valence-corrected chi connectivity index (χ2v) is 19.8. The van der Waals surface area contributed by atoms with E-state index in [-0.39, 0.29) is 0 Å². The molecule has 7 heteroatoms. The molecule has 0 spiro atoms. The van der Waals surface area contributed by atoms with Crippen molar-refractivity contribution in [1.29, 1.82) is 5.26 Å².